The van der Waals surface area contributed by atoms with Gasteiger partial charge in [0.25, 0.3) is 0 Å². The summed E-state index contributed by atoms with van der Waals surface area (Å²) in [4.78, 5) is 24.0. The van der Waals surface area contributed by atoms with Crippen LogP contribution in [0.1, 0.15) is 20.3 Å². The van der Waals surface area contributed by atoms with Gasteiger partial charge in [0.15, 0.2) is 0 Å². The Morgan fingerprint density at radius 2 is 1.93 bits per heavy atom. The van der Waals surface area contributed by atoms with Crippen molar-refractivity contribution < 1.29 is 9.59 Å². The zero-order valence-corrected chi connectivity index (χ0v) is 9.04. The molecule has 0 aliphatic carbocycles. The van der Waals surface area contributed by atoms with Gasteiger partial charge in [-0.2, -0.15) is 5.26 Å². The van der Waals surface area contributed by atoms with Crippen molar-refractivity contribution in [2.24, 2.45) is 5.41 Å². The van der Waals surface area contributed by atoms with E-state index in [0.717, 1.165) is 0 Å². The molecular formula is C10H15N3O2. The van der Waals surface area contributed by atoms with E-state index in [2.05, 4.69) is 11.4 Å². The monoisotopic (exact) mass is 209 g/mol. The highest BCUT2D eigenvalue weighted by Crippen LogP contribution is 2.19. The van der Waals surface area contributed by atoms with Gasteiger partial charge in [-0.15, -0.1) is 0 Å². The predicted octanol–water partition coefficient (Wildman–Crippen LogP) is -0.115. The van der Waals surface area contributed by atoms with Crippen LogP contribution in [0.25, 0.3) is 0 Å². The summed E-state index contributed by atoms with van der Waals surface area (Å²) < 4.78 is 0. The van der Waals surface area contributed by atoms with Gasteiger partial charge in [-0.1, -0.05) is 0 Å². The summed E-state index contributed by atoms with van der Waals surface area (Å²) in [6, 6.07) is 2.15. The van der Waals surface area contributed by atoms with E-state index in [4.69, 9.17) is 5.26 Å². The van der Waals surface area contributed by atoms with Crippen LogP contribution < -0.4 is 5.32 Å². The first-order valence-corrected chi connectivity index (χ1v) is 4.91. The molecule has 5 heteroatoms. The molecule has 0 spiro atoms. The topological polar surface area (TPSA) is 73.2 Å². The Balaban J connectivity index is 2.54. The SMILES string of the molecule is CC(C)(C#N)CCN1C(=O)CNCC1=O. The third-order valence-electron chi connectivity index (χ3n) is 2.42. The highest BCUT2D eigenvalue weighted by atomic mass is 16.2. The molecule has 1 heterocycles. The molecular weight excluding hydrogens is 194 g/mol. The van der Waals surface area contributed by atoms with Crippen LogP contribution in [0.2, 0.25) is 0 Å². The van der Waals surface area contributed by atoms with Crippen LogP contribution in [-0.2, 0) is 9.59 Å². The maximum absolute atomic E-state index is 11.4. The lowest BCUT2D eigenvalue weighted by atomic mass is 9.91. The number of nitrogens with one attached hydrogen (secondary N) is 1. The second-order valence-corrected chi connectivity index (χ2v) is 4.29. The number of carbonyl (C=O) groups excluding carboxylic acids is 2. The molecule has 0 radical (unpaired) electrons. The molecule has 5 nitrogen and oxygen atoms in total. The Labute approximate surface area is 89.0 Å². The highest BCUT2D eigenvalue weighted by molar-refractivity contribution is 5.99. The van der Waals surface area contributed by atoms with Crippen LogP contribution >= 0.6 is 0 Å². The fraction of sp³-hybridized carbons (Fsp3) is 0.700. The number of amides is 2. The first-order chi connectivity index (χ1) is 6.96. The number of nitrogens with zero attached hydrogens (tertiary/aromatic N) is 2. The van der Waals surface area contributed by atoms with Crippen molar-refractivity contribution in [3.8, 4) is 6.07 Å². The van der Waals surface area contributed by atoms with Gasteiger partial charge < -0.3 is 0 Å². The van der Waals surface area contributed by atoms with Gasteiger partial charge in [-0.3, -0.25) is 19.8 Å². The number of piperazine rings is 1. The molecule has 82 valence electrons. The second-order valence-electron chi connectivity index (χ2n) is 4.29. The van der Waals surface area contributed by atoms with Gasteiger partial charge in [0.1, 0.15) is 0 Å². The molecule has 1 N–H and O–H groups in total. The molecule has 0 atom stereocenters. The Hall–Kier alpha value is -1.41. The van der Waals surface area contributed by atoms with Crippen LogP contribution in [0.15, 0.2) is 0 Å². The predicted molar refractivity (Wildman–Crippen MR) is 53.6 cm³/mol. The lowest BCUT2D eigenvalue weighted by molar-refractivity contribution is -0.146. The van der Waals surface area contributed by atoms with Crippen molar-refractivity contribution >= 4 is 11.8 Å². The molecule has 2 amide bonds. The first kappa shape index (κ1) is 11.7. The largest absolute Gasteiger partial charge is 0.300 e. The summed E-state index contributed by atoms with van der Waals surface area (Å²) in [6.07, 6.45) is 0.515. The van der Waals surface area contributed by atoms with E-state index in [0.29, 0.717) is 13.0 Å². The van der Waals surface area contributed by atoms with Crippen molar-refractivity contribution in [2.45, 2.75) is 20.3 Å². The minimum atomic E-state index is -0.495. The third kappa shape index (κ3) is 3.03. The van der Waals surface area contributed by atoms with Crippen LogP contribution in [0.4, 0.5) is 0 Å². The number of imide groups is 1. The Kier molecular flexibility index (Phi) is 3.43. The molecule has 1 rings (SSSR count). The van der Waals surface area contributed by atoms with E-state index >= 15 is 0 Å². The van der Waals surface area contributed by atoms with Gasteiger partial charge in [0.05, 0.1) is 24.6 Å². The van der Waals surface area contributed by atoms with Crippen molar-refractivity contribution in [2.75, 3.05) is 19.6 Å². The zero-order valence-electron chi connectivity index (χ0n) is 9.04. The first-order valence-electron chi connectivity index (χ1n) is 4.91. The van der Waals surface area contributed by atoms with E-state index in [9.17, 15) is 9.59 Å². The zero-order chi connectivity index (χ0) is 11.5. The summed E-state index contributed by atoms with van der Waals surface area (Å²) in [5.41, 5.74) is -0.495. The second kappa shape index (κ2) is 4.41. The molecule has 0 saturated carbocycles. The molecule has 1 aliphatic heterocycles. The summed E-state index contributed by atoms with van der Waals surface area (Å²) in [5.74, 6) is -0.417. The average molecular weight is 209 g/mol. The maximum atomic E-state index is 11.4. The standard InChI is InChI=1S/C10H15N3O2/c1-10(2,7-11)3-4-13-8(14)5-12-6-9(13)15/h12H,3-6H2,1-2H3. The summed E-state index contributed by atoms with van der Waals surface area (Å²) >= 11 is 0. The Morgan fingerprint density at radius 1 is 1.40 bits per heavy atom. The lowest BCUT2D eigenvalue weighted by Crippen LogP contribution is -2.52. The fourth-order valence-corrected chi connectivity index (χ4v) is 1.30. The van der Waals surface area contributed by atoms with Gasteiger partial charge in [0, 0.05) is 6.54 Å². The third-order valence-corrected chi connectivity index (χ3v) is 2.42. The molecule has 1 aliphatic rings. The minimum absolute atomic E-state index is 0.207. The minimum Gasteiger partial charge on any atom is -0.300 e. The quantitative estimate of drug-likeness (QED) is 0.658. The molecule has 0 aromatic carbocycles. The van der Waals surface area contributed by atoms with Crippen molar-refractivity contribution in [1.82, 2.24) is 10.2 Å². The molecule has 1 fully saturated rings. The number of rotatable bonds is 3. The van der Waals surface area contributed by atoms with E-state index < -0.39 is 5.41 Å². The molecule has 0 aromatic heterocycles. The van der Waals surface area contributed by atoms with Crippen molar-refractivity contribution in [1.29, 1.82) is 5.26 Å². The van der Waals surface area contributed by atoms with E-state index in [1.807, 2.05) is 0 Å². The van der Waals surface area contributed by atoms with E-state index in [-0.39, 0.29) is 24.9 Å². The molecule has 15 heavy (non-hydrogen) atoms. The normalized spacial score (nSPS) is 17.8. The smallest absolute Gasteiger partial charge is 0.243 e. The molecule has 0 bridgehead atoms. The van der Waals surface area contributed by atoms with Gasteiger partial charge in [-0.25, -0.2) is 0 Å². The van der Waals surface area contributed by atoms with Crippen LogP contribution in [0, 0.1) is 16.7 Å². The van der Waals surface area contributed by atoms with Crippen molar-refractivity contribution in [3.63, 3.8) is 0 Å². The summed E-state index contributed by atoms with van der Waals surface area (Å²) in [6.45, 7) is 4.34. The molecule has 1 saturated heterocycles. The summed E-state index contributed by atoms with van der Waals surface area (Å²) in [7, 11) is 0. The Morgan fingerprint density at radius 3 is 2.40 bits per heavy atom. The summed E-state index contributed by atoms with van der Waals surface area (Å²) in [5, 5.41) is 11.5. The highest BCUT2D eigenvalue weighted by Gasteiger charge is 2.27. The Bertz CT molecular complexity index is 301. The number of hydrogen-bond acceptors (Lipinski definition) is 4. The van der Waals surface area contributed by atoms with Crippen LogP contribution in [-0.4, -0.2) is 36.3 Å². The van der Waals surface area contributed by atoms with Crippen molar-refractivity contribution in [3.05, 3.63) is 0 Å². The van der Waals surface area contributed by atoms with Gasteiger partial charge >= 0.3 is 0 Å². The van der Waals surface area contributed by atoms with Gasteiger partial charge in [-0.05, 0) is 20.3 Å². The van der Waals surface area contributed by atoms with Crippen LogP contribution in [0.5, 0.6) is 0 Å². The maximum Gasteiger partial charge on any atom is 0.243 e. The van der Waals surface area contributed by atoms with E-state index in [1.165, 1.54) is 4.90 Å². The van der Waals surface area contributed by atoms with Gasteiger partial charge in [0.2, 0.25) is 11.8 Å². The number of nitriles is 1. The average Bonchev–Trinajstić information content (AvgIpc) is 2.17. The molecule has 0 aromatic rings. The fourth-order valence-electron chi connectivity index (χ4n) is 1.30. The number of hydrogen-bond donors (Lipinski definition) is 1. The molecule has 0 unspecified atom stereocenters. The van der Waals surface area contributed by atoms with Crippen LogP contribution in [0.3, 0.4) is 0 Å². The van der Waals surface area contributed by atoms with E-state index in [1.54, 1.807) is 13.8 Å². The number of carbonyl (C=O) groups is 2. The lowest BCUT2D eigenvalue weighted by Gasteiger charge is -2.27.